The standard InChI is InChI=1S/C23H18F4N2O4/c1-12-2-4-14(5-3-12)20(30)18-19(28-21(31)29-22(18,32)23(25,26)27)17-11-10-16(33-17)13-6-8-15(24)9-7-13/h2-11,18-19,32H,1H3,(H2,28,29,31)/t18-,19+,22-/m0/s1. The molecule has 3 aromatic rings. The van der Waals surface area contributed by atoms with Gasteiger partial charge in [-0.1, -0.05) is 29.8 Å². The molecule has 2 aromatic carbocycles. The SMILES string of the molecule is Cc1ccc(C(=O)[C@@H]2[C@@H](c3ccc(-c4ccc(F)cc4)o3)NC(=O)N[C@@]2(O)C(F)(F)F)cc1. The van der Waals surface area contributed by atoms with Gasteiger partial charge in [0.05, 0.1) is 0 Å². The van der Waals surface area contributed by atoms with Crippen LogP contribution in [0.1, 0.15) is 27.7 Å². The van der Waals surface area contributed by atoms with Crippen molar-refractivity contribution in [2.75, 3.05) is 0 Å². The van der Waals surface area contributed by atoms with Crippen LogP contribution in [0.15, 0.2) is 65.1 Å². The summed E-state index contributed by atoms with van der Waals surface area (Å²) in [4.78, 5) is 25.3. The highest BCUT2D eigenvalue weighted by Gasteiger charge is 2.66. The van der Waals surface area contributed by atoms with Crippen LogP contribution in [-0.2, 0) is 0 Å². The number of furan rings is 1. The van der Waals surface area contributed by atoms with E-state index in [9.17, 15) is 32.3 Å². The number of carbonyl (C=O) groups is 2. The Labute approximate surface area is 185 Å². The van der Waals surface area contributed by atoms with Gasteiger partial charge in [-0.15, -0.1) is 0 Å². The summed E-state index contributed by atoms with van der Waals surface area (Å²) in [6.07, 6.45) is -5.37. The van der Waals surface area contributed by atoms with Gasteiger partial charge in [0.2, 0.25) is 5.72 Å². The fourth-order valence-corrected chi connectivity index (χ4v) is 3.76. The van der Waals surface area contributed by atoms with Crippen molar-refractivity contribution in [2.45, 2.75) is 24.9 Å². The van der Waals surface area contributed by atoms with Gasteiger partial charge in [-0.25, -0.2) is 9.18 Å². The lowest BCUT2D eigenvalue weighted by Gasteiger charge is -2.44. The second-order valence-corrected chi connectivity index (χ2v) is 7.76. The summed E-state index contributed by atoms with van der Waals surface area (Å²) in [5.74, 6) is -3.75. The van der Waals surface area contributed by atoms with Crippen LogP contribution in [0, 0.1) is 18.7 Å². The number of aliphatic hydroxyl groups is 1. The molecule has 4 rings (SSSR count). The van der Waals surface area contributed by atoms with Crippen LogP contribution < -0.4 is 10.6 Å². The molecule has 33 heavy (non-hydrogen) atoms. The van der Waals surface area contributed by atoms with Gasteiger partial charge in [0.25, 0.3) is 0 Å². The molecule has 2 amide bonds. The van der Waals surface area contributed by atoms with Crippen molar-refractivity contribution < 1.29 is 36.7 Å². The quantitative estimate of drug-likeness (QED) is 0.393. The molecule has 0 bridgehead atoms. The number of rotatable bonds is 4. The van der Waals surface area contributed by atoms with Gasteiger partial charge < -0.3 is 20.2 Å². The predicted molar refractivity (Wildman–Crippen MR) is 109 cm³/mol. The number of aryl methyl sites for hydroxylation is 1. The molecule has 3 N–H and O–H groups in total. The van der Waals surface area contributed by atoms with E-state index in [2.05, 4.69) is 5.32 Å². The summed E-state index contributed by atoms with van der Waals surface area (Å²) in [7, 11) is 0. The molecular formula is C23H18F4N2O4. The van der Waals surface area contributed by atoms with Crippen molar-refractivity contribution in [3.63, 3.8) is 0 Å². The monoisotopic (exact) mass is 462 g/mol. The van der Waals surface area contributed by atoms with Crippen LogP contribution in [0.3, 0.4) is 0 Å². The fraction of sp³-hybridized carbons (Fsp3) is 0.217. The number of nitrogens with one attached hydrogen (secondary N) is 2. The first kappa shape index (κ1) is 22.5. The predicted octanol–water partition coefficient (Wildman–Crippen LogP) is 4.50. The third-order valence-corrected chi connectivity index (χ3v) is 5.49. The van der Waals surface area contributed by atoms with Crippen LogP contribution in [0.4, 0.5) is 22.4 Å². The molecule has 6 nitrogen and oxygen atoms in total. The highest BCUT2D eigenvalue weighted by atomic mass is 19.4. The van der Waals surface area contributed by atoms with Crippen LogP contribution in [-0.4, -0.2) is 28.8 Å². The Morgan fingerprint density at radius 1 is 1.03 bits per heavy atom. The van der Waals surface area contributed by atoms with Crippen molar-refractivity contribution in [2.24, 2.45) is 5.92 Å². The van der Waals surface area contributed by atoms with E-state index >= 15 is 0 Å². The Morgan fingerprint density at radius 3 is 2.27 bits per heavy atom. The number of Topliss-reactive ketones (excluding diaryl/α,β-unsaturated/α-hetero) is 1. The maximum absolute atomic E-state index is 14.0. The summed E-state index contributed by atoms with van der Waals surface area (Å²) in [5, 5.41) is 14.3. The second-order valence-electron chi connectivity index (χ2n) is 7.76. The second kappa shape index (κ2) is 8.04. The molecular weight excluding hydrogens is 444 g/mol. The molecule has 172 valence electrons. The summed E-state index contributed by atoms with van der Waals surface area (Å²) >= 11 is 0. The number of urea groups is 1. The Morgan fingerprint density at radius 2 is 1.67 bits per heavy atom. The molecule has 1 aliphatic heterocycles. The first-order valence-corrected chi connectivity index (χ1v) is 9.84. The van der Waals surface area contributed by atoms with Crippen LogP contribution in [0.25, 0.3) is 11.3 Å². The molecule has 0 spiro atoms. The smallest absolute Gasteiger partial charge is 0.437 e. The van der Waals surface area contributed by atoms with E-state index in [-0.39, 0.29) is 17.1 Å². The topological polar surface area (TPSA) is 91.6 Å². The lowest BCUT2D eigenvalue weighted by molar-refractivity contribution is -0.288. The Balaban J connectivity index is 1.80. The third kappa shape index (κ3) is 4.09. The number of amides is 2. The van der Waals surface area contributed by atoms with Gasteiger partial charge in [-0.05, 0) is 43.3 Å². The van der Waals surface area contributed by atoms with Crippen LogP contribution in [0.2, 0.25) is 0 Å². The molecule has 2 heterocycles. The summed E-state index contributed by atoms with van der Waals surface area (Å²) < 4.78 is 60.8. The minimum Gasteiger partial charge on any atom is -0.459 e. The molecule has 3 atom stereocenters. The average molecular weight is 462 g/mol. The number of hydrogen-bond acceptors (Lipinski definition) is 4. The summed E-state index contributed by atoms with van der Waals surface area (Å²) in [6, 6.07) is 10.7. The number of hydrogen-bond donors (Lipinski definition) is 3. The number of ketones is 1. The van der Waals surface area contributed by atoms with Gasteiger partial charge in [0.15, 0.2) is 5.78 Å². The highest BCUT2D eigenvalue weighted by Crippen LogP contribution is 2.44. The first-order valence-electron chi connectivity index (χ1n) is 9.84. The van der Waals surface area contributed by atoms with Gasteiger partial charge in [-0.3, -0.25) is 4.79 Å². The molecule has 1 aliphatic rings. The van der Waals surface area contributed by atoms with E-state index in [0.29, 0.717) is 5.56 Å². The van der Waals surface area contributed by atoms with Gasteiger partial charge >= 0.3 is 12.2 Å². The van der Waals surface area contributed by atoms with E-state index in [4.69, 9.17) is 4.42 Å². The number of halogens is 4. The first-order chi connectivity index (χ1) is 15.5. The molecule has 0 saturated carbocycles. The third-order valence-electron chi connectivity index (χ3n) is 5.49. The number of alkyl halides is 3. The van der Waals surface area contributed by atoms with E-state index in [1.807, 2.05) is 0 Å². The molecule has 1 fully saturated rings. The molecule has 0 unspecified atom stereocenters. The maximum atomic E-state index is 14.0. The molecule has 0 radical (unpaired) electrons. The van der Waals surface area contributed by atoms with Crippen molar-refractivity contribution in [3.05, 3.63) is 83.4 Å². The number of carbonyl (C=O) groups excluding carboxylic acids is 2. The number of benzene rings is 2. The van der Waals surface area contributed by atoms with E-state index < -0.39 is 41.5 Å². The Bertz CT molecular complexity index is 1190. The minimum absolute atomic E-state index is 0.0819. The largest absolute Gasteiger partial charge is 0.459 e. The zero-order chi connectivity index (χ0) is 24.0. The van der Waals surface area contributed by atoms with Crippen molar-refractivity contribution >= 4 is 11.8 Å². The van der Waals surface area contributed by atoms with Gasteiger partial charge in [-0.2, -0.15) is 13.2 Å². The lowest BCUT2D eigenvalue weighted by Crippen LogP contribution is -2.72. The normalized spacial score (nSPS) is 23.0. The Hall–Kier alpha value is -3.66. The van der Waals surface area contributed by atoms with Crippen molar-refractivity contribution in [1.29, 1.82) is 0 Å². The Kier molecular flexibility index (Phi) is 5.49. The van der Waals surface area contributed by atoms with E-state index in [1.165, 1.54) is 53.8 Å². The van der Waals surface area contributed by atoms with E-state index in [0.717, 1.165) is 5.56 Å². The van der Waals surface area contributed by atoms with Crippen LogP contribution in [0.5, 0.6) is 0 Å². The van der Waals surface area contributed by atoms with E-state index in [1.54, 1.807) is 19.1 Å². The molecule has 0 aliphatic carbocycles. The van der Waals surface area contributed by atoms with Crippen molar-refractivity contribution in [1.82, 2.24) is 10.6 Å². The molecule has 1 aromatic heterocycles. The average Bonchev–Trinajstić information content (AvgIpc) is 3.23. The highest BCUT2D eigenvalue weighted by molar-refractivity contribution is 6.00. The maximum Gasteiger partial charge on any atom is 0.437 e. The van der Waals surface area contributed by atoms with Gasteiger partial charge in [0, 0.05) is 11.1 Å². The zero-order valence-electron chi connectivity index (χ0n) is 17.1. The van der Waals surface area contributed by atoms with Crippen molar-refractivity contribution in [3.8, 4) is 11.3 Å². The summed E-state index contributed by atoms with van der Waals surface area (Å²) in [5.41, 5.74) is -2.73. The van der Waals surface area contributed by atoms with Crippen LogP contribution >= 0.6 is 0 Å². The minimum atomic E-state index is -5.37. The summed E-state index contributed by atoms with van der Waals surface area (Å²) in [6.45, 7) is 1.74. The lowest BCUT2D eigenvalue weighted by atomic mass is 9.79. The fourth-order valence-electron chi connectivity index (χ4n) is 3.76. The zero-order valence-corrected chi connectivity index (χ0v) is 17.1. The van der Waals surface area contributed by atoms with Gasteiger partial charge in [0.1, 0.15) is 29.3 Å². The molecule has 10 heteroatoms. The molecule has 1 saturated heterocycles.